The highest BCUT2D eigenvalue weighted by Crippen LogP contribution is 2.27. The van der Waals surface area contributed by atoms with Gasteiger partial charge in [0.15, 0.2) is 0 Å². The number of methoxy groups -OCH3 is 1. The molecule has 0 aromatic heterocycles. The van der Waals surface area contributed by atoms with Gasteiger partial charge in [0.1, 0.15) is 5.75 Å². The van der Waals surface area contributed by atoms with Crippen molar-refractivity contribution in [3.8, 4) is 5.75 Å². The van der Waals surface area contributed by atoms with Gasteiger partial charge in [0.05, 0.1) is 29.4 Å². The van der Waals surface area contributed by atoms with Crippen molar-refractivity contribution in [1.29, 1.82) is 0 Å². The van der Waals surface area contributed by atoms with Gasteiger partial charge in [-0.1, -0.05) is 12.1 Å². The molecule has 2 aromatic rings. The summed E-state index contributed by atoms with van der Waals surface area (Å²) in [6, 6.07) is 11.6. The highest BCUT2D eigenvalue weighted by molar-refractivity contribution is 7.89. The summed E-state index contributed by atoms with van der Waals surface area (Å²) in [5.74, 6) is -0.0378. The molecule has 2 aromatic carbocycles. The van der Waals surface area contributed by atoms with Crippen molar-refractivity contribution >= 4 is 27.5 Å². The van der Waals surface area contributed by atoms with Gasteiger partial charge < -0.3 is 20.1 Å². The summed E-state index contributed by atoms with van der Waals surface area (Å²) in [5, 5.41) is 5.70. The van der Waals surface area contributed by atoms with E-state index >= 15 is 0 Å². The zero-order valence-electron chi connectivity index (χ0n) is 20.5. The Labute approximate surface area is 212 Å². The topological polar surface area (TPSA) is 114 Å². The van der Waals surface area contributed by atoms with Gasteiger partial charge in [-0.2, -0.15) is 4.31 Å². The number of sulfonamides is 1. The SMILES string of the molecule is COc1ccc(S(=O)(=O)N2CCCC2)cc1CCC(=O)Nc1ccccc1C(=O)NC[C@@H]1CCCO1. The summed E-state index contributed by atoms with van der Waals surface area (Å²) in [5.41, 5.74) is 1.43. The van der Waals surface area contributed by atoms with Gasteiger partial charge in [0.25, 0.3) is 5.91 Å². The third-order valence-electron chi connectivity index (χ3n) is 6.54. The quantitative estimate of drug-likeness (QED) is 0.503. The molecule has 36 heavy (non-hydrogen) atoms. The summed E-state index contributed by atoms with van der Waals surface area (Å²) < 4.78 is 38.4. The zero-order valence-corrected chi connectivity index (χ0v) is 21.3. The second-order valence-electron chi connectivity index (χ2n) is 9.02. The van der Waals surface area contributed by atoms with Crippen molar-refractivity contribution < 1.29 is 27.5 Å². The lowest BCUT2D eigenvalue weighted by Gasteiger charge is -2.17. The van der Waals surface area contributed by atoms with Crippen molar-refractivity contribution in [2.24, 2.45) is 0 Å². The minimum atomic E-state index is -3.58. The number of nitrogens with one attached hydrogen (secondary N) is 2. The second-order valence-corrected chi connectivity index (χ2v) is 11.0. The summed E-state index contributed by atoms with van der Waals surface area (Å²) >= 11 is 0. The first kappa shape index (κ1) is 26.1. The number of carbonyl (C=O) groups is 2. The van der Waals surface area contributed by atoms with Gasteiger partial charge in [0, 0.05) is 32.7 Å². The molecule has 2 amide bonds. The molecule has 2 aliphatic heterocycles. The predicted molar refractivity (Wildman–Crippen MR) is 136 cm³/mol. The minimum absolute atomic E-state index is 0.0238. The lowest BCUT2D eigenvalue weighted by Crippen LogP contribution is -2.32. The standard InChI is InChI=1S/C26H33N3O6S/c1-34-24-12-11-21(36(32,33)29-14-4-5-15-29)17-19(24)10-13-25(30)28-23-9-3-2-8-22(23)26(31)27-18-20-7-6-16-35-20/h2-3,8-9,11-12,17,20H,4-7,10,13-16,18H2,1H3,(H,27,31)(H,28,30)/t20-/m0/s1. The molecule has 2 N–H and O–H groups in total. The molecule has 2 aliphatic rings. The molecule has 10 heteroatoms. The summed E-state index contributed by atoms with van der Waals surface area (Å²) in [6.45, 7) is 2.18. The van der Waals surface area contributed by atoms with Crippen LogP contribution in [0.1, 0.15) is 48.0 Å². The van der Waals surface area contributed by atoms with Crippen LogP contribution in [0, 0.1) is 0 Å². The van der Waals surface area contributed by atoms with E-state index in [1.165, 1.54) is 11.4 Å². The van der Waals surface area contributed by atoms with Crippen molar-refractivity contribution in [3.05, 3.63) is 53.6 Å². The number of amides is 2. The fourth-order valence-electron chi connectivity index (χ4n) is 4.55. The number of benzene rings is 2. The van der Waals surface area contributed by atoms with E-state index in [0.717, 1.165) is 25.7 Å². The van der Waals surface area contributed by atoms with E-state index in [-0.39, 0.29) is 35.7 Å². The molecule has 2 fully saturated rings. The number of nitrogens with zero attached hydrogens (tertiary/aromatic N) is 1. The Hall–Kier alpha value is -2.95. The van der Waals surface area contributed by atoms with Gasteiger partial charge in [0.2, 0.25) is 15.9 Å². The maximum atomic E-state index is 13.0. The van der Waals surface area contributed by atoms with Crippen LogP contribution in [-0.4, -0.2) is 64.0 Å². The number of rotatable bonds is 10. The number of para-hydroxylation sites is 1. The summed E-state index contributed by atoms with van der Waals surface area (Å²) in [7, 11) is -2.06. The molecule has 9 nitrogen and oxygen atoms in total. The zero-order chi connectivity index (χ0) is 25.5. The van der Waals surface area contributed by atoms with Crippen molar-refractivity contribution in [3.63, 3.8) is 0 Å². The maximum absolute atomic E-state index is 13.0. The van der Waals surface area contributed by atoms with Crippen molar-refractivity contribution in [1.82, 2.24) is 9.62 Å². The van der Waals surface area contributed by atoms with Crippen LogP contribution in [0.25, 0.3) is 0 Å². The van der Waals surface area contributed by atoms with Crippen molar-refractivity contribution in [2.75, 3.05) is 38.7 Å². The van der Waals surface area contributed by atoms with Crippen LogP contribution in [-0.2, 0) is 26.0 Å². The average molecular weight is 516 g/mol. The van der Waals surface area contributed by atoms with E-state index in [0.29, 0.717) is 48.8 Å². The molecule has 0 spiro atoms. The van der Waals surface area contributed by atoms with Crippen molar-refractivity contribution in [2.45, 2.75) is 49.5 Å². The molecule has 0 radical (unpaired) electrons. The third-order valence-corrected chi connectivity index (χ3v) is 8.43. The Balaban J connectivity index is 1.40. The highest BCUT2D eigenvalue weighted by Gasteiger charge is 2.28. The number of ether oxygens (including phenoxy) is 2. The molecule has 4 rings (SSSR count). The van der Waals surface area contributed by atoms with Gasteiger partial charge in [-0.15, -0.1) is 0 Å². The lowest BCUT2D eigenvalue weighted by molar-refractivity contribution is -0.116. The largest absolute Gasteiger partial charge is 0.496 e. The number of anilines is 1. The molecular weight excluding hydrogens is 482 g/mol. The molecule has 194 valence electrons. The van der Waals surface area contributed by atoms with Gasteiger partial charge in [-0.05, 0) is 68.0 Å². The fraction of sp³-hybridized carbons (Fsp3) is 0.462. The third kappa shape index (κ3) is 6.24. The monoisotopic (exact) mass is 515 g/mol. The minimum Gasteiger partial charge on any atom is -0.496 e. The van der Waals surface area contributed by atoms with Crippen LogP contribution in [0.3, 0.4) is 0 Å². The highest BCUT2D eigenvalue weighted by atomic mass is 32.2. The Bertz CT molecular complexity index is 1190. The van der Waals surface area contributed by atoms with E-state index < -0.39 is 10.0 Å². The van der Waals surface area contributed by atoms with E-state index in [1.807, 2.05) is 0 Å². The van der Waals surface area contributed by atoms with Crippen LogP contribution in [0.4, 0.5) is 5.69 Å². The Morgan fingerprint density at radius 2 is 1.89 bits per heavy atom. The number of hydrogen-bond acceptors (Lipinski definition) is 6. The normalized spacial score (nSPS) is 18.2. The van der Waals surface area contributed by atoms with E-state index in [1.54, 1.807) is 42.5 Å². The Morgan fingerprint density at radius 3 is 2.61 bits per heavy atom. The molecular formula is C26H33N3O6S. The van der Waals surface area contributed by atoms with E-state index in [4.69, 9.17) is 9.47 Å². The van der Waals surface area contributed by atoms with Crippen LogP contribution < -0.4 is 15.4 Å². The number of aryl methyl sites for hydroxylation is 1. The first-order valence-corrected chi connectivity index (χ1v) is 13.8. The molecule has 0 bridgehead atoms. The number of hydrogen-bond donors (Lipinski definition) is 2. The Kier molecular flexibility index (Phi) is 8.60. The molecule has 2 saturated heterocycles. The number of carbonyl (C=O) groups excluding carboxylic acids is 2. The maximum Gasteiger partial charge on any atom is 0.253 e. The Morgan fingerprint density at radius 1 is 1.11 bits per heavy atom. The van der Waals surface area contributed by atoms with Gasteiger partial charge in [-0.25, -0.2) is 8.42 Å². The molecule has 0 saturated carbocycles. The molecule has 0 aliphatic carbocycles. The van der Waals surface area contributed by atoms with Crippen LogP contribution in [0.2, 0.25) is 0 Å². The second kappa shape index (κ2) is 11.9. The first-order chi connectivity index (χ1) is 17.4. The summed E-state index contributed by atoms with van der Waals surface area (Å²) in [4.78, 5) is 25.7. The molecule has 2 heterocycles. The van der Waals surface area contributed by atoms with Gasteiger partial charge >= 0.3 is 0 Å². The smallest absolute Gasteiger partial charge is 0.253 e. The van der Waals surface area contributed by atoms with Crippen LogP contribution in [0.15, 0.2) is 47.4 Å². The first-order valence-electron chi connectivity index (χ1n) is 12.3. The van der Waals surface area contributed by atoms with Gasteiger partial charge in [-0.3, -0.25) is 9.59 Å². The lowest BCUT2D eigenvalue weighted by atomic mass is 10.1. The average Bonchev–Trinajstić information content (AvgIpc) is 3.61. The van der Waals surface area contributed by atoms with Crippen LogP contribution >= 0.6 is 0 Å². The molecule has 0 unspecified atom stereocenters. The van der Waals surface area contributed by atoms with Crippen LogP contribution in [0.5, 0.6) is 5.75 Å². The predicted octanol–water partition coefficient (Wildman–Crippen LogP) is 2.96. The van der Waals surface area contributed by atoms with E-state index in [2.05, 4.69) is 10.6 Å². The fourth-order valence-corrected chi connectivity index (χ4v) is 6.11. The van der Waals surface area contributed by atoms with E-state index in [9.17, 15) is 18.0 Å². The molecule has 1 atom stereocenters. The summed E-state index contributed by atoms with van der Waals surface area (Å²) in [6.07, 6.45) is 4.03.